The Balaban J connectivity index is 2.08. The fourth-order valence-electron chi connectivity index (χ4n) is 1.77. The third-order valence-corrected chi connectivity index (χ3v) is 3.17. The molecule has 5 nitrogen and oxygen atoms in total. The van der Waals surface area contributed by atoms with Crippen molar-refractivity contribution in [3.8, 4) is 0 Å². The lowest BCUT2D eigenvalue weighted by atomic mass is 10.1. The Morgan fingerprint density at radius 3 is 2.38 bits per heavy atom. The van der Waals surface area contributed by atoms with E-state index in [1.165, 1.54) is 6.07 Å². The molecule has 0 saturated carbocycles. The summed E-state index contributed by atoms with van der Waals surface area (Å²) in [4.78, 5) is 22.6. The van der Waals surface area contributed by atoms with E-state index < -0.39 is 5.97 Å². The Morgan fingerprint density at radius 2 is 1.81 bits per heavy atom. The number of nitrogens with two attached hydrogens (primary N) is 1. The van der Waals surface area contributed by atoms with Crippen LogP contribution in [0.4, 0.5) is 11.4 Å². The van der Waals surface area contributed by atoms with Gasteiger partial charge in [0.2, 0.25) is 0 Å². The molecule has 6 heteroatoms. The number of benzene rings is 2. The fourth-order valence-corrected chi connectivity index (χ4v) is 1.89. The number of carbonyl (C=O) groups excluding carboxylic acids is 1. The van der Waals surface area contributed by atoms with E-state index >= 15 is 0 Å². The molecule has 0 aromatic heterocycles. The maximum Gasteiger partial charge on any atom is 0.307 e. The zero-order valence-corrected chi connectivity index (χ0v) is 11.7. The number of nitrogens with one attached hydrogen (secondary N) is 1. The molecule has 0 aliphatic rings. The van der Waals surface area contributed by atoms with Crippen molar-refractivity contribution in [2.24, 2.45) is 0 Å². The van der Waals surface area contributed by atoms with Crippen LogP contribution in [0, 0.1) is 0 Å². The largest absolute Gasteiger partial charge is 0.481 e. The Kier molecular flexibility index (Phi) is 4.45. The van der Waals surface area contributed by atoms with Gasteiger partial charge in [-0.1, -0.05) is 23.7 Å². The fraction of sp³-hybridized carbons (Fsp3) is 0.0667. The van der Waals surface area contributed by atoms with E-state index in [0.717, 1.165) is 0 Å². The summed E-state index contributed by atoms with van der Waals surface area (Å²) in [5.41, 5.74) is 7.61. The number of rotatable bonds is 4. The summed E-state index contributed by atoms with van der Waals surface area (Å²) in [6.07, 6.45) is -0.0536. The molecule has 0 spiro atoms. The molecule has 0 radical (unpaired) electrons. The number of carboxylic acids is 1. The number of halogens is 1. The first-order valence-electron chi connectivity index (χ1n) is 6.13. The standard InChI is InChI=1S/C15H13ClN2O3/c16-12-6-3-10(8-13(12)17)15(21)18-11-4-1-9(2-5-11)7-14(19)20/h1-6,8H,7,17H2,(H,18,21)(H,19,20). The van der Waals surface area contributed by atoms with Crippen LogP contribution >= 0.6 is 11.6 Å². The topological polar surface area (TPSA) is 92.4 Å². The highest BCUT2D eigenvalue weighted by molar-refractivity contribution is 6.33. The Labute approximate surface area is 126 Å². The first-order valence-corrected chi connectivity index (χ1v) is 6.50. The number of hydrogen-bond donors (Lipinski definition) is 3. The van der Waals surface area contributed by atoms with Gasteiger partial charge in [-0.2, -0.15) is 0 Å². The average Bonchev–Trinajstić information content (AvgIpc) is 2.43. The van der Waals surface area contributed by atoms with Crippen molar-refractivity contribution in [2.45, 2.75) is 6.42 Å². The van der Waals surface area contributed by atoms with Crippen molar-refractivity contribution in [1.29, 1.82) is 0 Å². The molecule has 21 heavy (non-hydrogen) atoms. The first kappa shape index (κ1) is 14.9. The normalized spacial score (nSPS) is 10.1. The quantitative estimate of drug-likeness (QED) is 0.757. The molecule has 4 N–H and O–H groups in total. The van der Waals surface area contributed by atoms with Gasteiger partial charge in [-0.25, -0.2) is 0 Å². The summed E-state index contributed by atoms with van der Waals surface area (Å²) in [7, 11) is 0. The van der Waals surface area contributed by atoms with Gasteiger partial charge in [-0.15, -0.1) is 0 Å². The molecule has 0 unspecified atom stereocenters. The zero-order chi connectivity index (χ0) is 15.4. The van der Waals surface area contributed by atoms with Crippen LogP contribution in [0.3, 0.4) is 0 Å². The van der Waals surface area contributed by atoms with Crippen LogP contribution in [0.25, 0.3) is 0 Å². The average molecular weight is 305 g/mol. The molecule has 2 aromatic carbocycles. The van der Waals surface area contributed by atoms with Crippen LogP contribution < -0.4 is 11.1 Å². The molecule has 0 fully saturated rings. The van der Waals surface area contributed by atoms with Crippen molar-refractivity contribution in [1.82, 2.24) is 0 Å². The van der Waals surface area contributed by atoms with Crippen LogP contribution in [-0.2, 0) is 11.2 Å². The highest BCUT2D eigenvalue weighted by Gasteiger charge is 2.08. The van der Waals surface area contributed by atoms with Gasteiger partial charge in [0.1, 0.15) is 0 Å². The van der Waals surface area contributed by atoms with E-state index in [-0.39, 0.29) is 12.3 Å². The van der Waals surface area contributed by atoms with Gasteiger partial charge in [0, 0.05) is 11.3 Å². The van der Waals surface area contributed by atoms with E-state index in [4.69, 9.17) is 22.4 Å². The number of nitrogen functional groups attached to an aromatic ring is 1. The van der Waals surface area contributed by atoms with Crippen molar-refractivity contribution in [3.05, 3.63) is 58.6 Å². The second kappa shape index (κ2) is 6.28. The number of aliphatic carboxylic acids is 1. The van der Waals surface area contributed by atoms with Crippen molar-refractivity contribution < 1.29 is 14.7 Å². The molecule has 0 aliphatic carbocycles. The van der Waals surface area contributed by atoms with E-state index in [1.807, 2.05) is 0 Å². The van der Waals surface area contributed by atoms with Crippen molar-refractivity contribution >= 4 is 34.9 Å². The zero-order valence-electron chi connectivity index (χ0n) is 11.0. The van der Waals surface area contributed by atoms with Gasteiger partial charge in [0.15, 0.2) is 0 Å². The van der Waals surface area contributed by atoms with Gasteiger partial charge in [-0.3, -0.25) is 9.59 Å². The van der Waals surface area contributed by atoms with E-state index in [0.29, 0.717) is 27.5 Å². The maximum absolute atomic E-state index is 12.0. The molecular weight excluding hydrogens is 292 g/mol. The number of carbonyl (C=O) groups is 2. The summed E-state index contributed by atoms with van der Waals surface area (Å²) in [6, 6.07) is 11.2. The number of hydrogen-bond acceptors (Lipinski definition) is 3. The molecule has 0 bridgehead atoms. The van der Waals surface area contributed by atoms with Crippen LogP contribution in [0.5, 0.6) is 0 Å². The molecule has 2 aromatic rings. The first-order chi connectivity index (χ1) is 9.95. The lowest BCUT2D eigenvalue weighted by Gasteiger charge is -2.07. The molecule has 2 rings (SSSR count). The molecule has 0 atom stereocenters. The summed E-state index contributed by atoms with van der Waals surface area (Å²) >= 11 is 5.80. The second-order valence-electron chi connectivity index (χ2n) is 4.46. The highest BCUT2D eigenvalue weighted by Crippen LogP contribution is 2.20. The third-order valence-electron chi connectivity index (χ3n) is 2.83. The van der Waals surface area contributed by atoms with Crippen LogP contribution in [0.1, 0.15) is 15.9 Å². The third kappa shape index (κ3) is 3.97. The van der Waals surface area contributed by atoms with Gasteiger partial charge < -0.3 is 16.2 Å². The van der Waals surface area contributed by atoms with E-state index in [9.17, 15) is 9.59 Å². The smallest absolute Gasteiger partial charge is 0.307 e. The lowest BCUT2D eigenvalue weighted by Crippen LogP contribution is -2.12. The minimum atomic E-state index is -0.900. The predicted molar refractivity (Wildman–Crippen MR) is 81.6 cm³/mol. The molecule has 108 valence electrons. The Morgan fingerprint density at radius 1 is 1.14 bits per heavy atom. The molecule has 1 amide bonds. The molecule has 0 saturated heterocycles. The lowest BCUT2D eigenvalue weighted by molar-refractivity contribution is -0.136. The second-order valence-corrected chi connectivity index (χ2v) is 4.87. The molecule has 0 aliphatic heterocycles. The van der Waals surface area contributed by atoms with Gasteiger partial charge in [-0.05, 0) is 35.9 Å². The molecule has 0 heterocycles. The number of carboxylic acid groups (broad SMARTS) is 1. The molecular formula is C15H13ClN2O3. The monoisotopic (exact) mass is 304 g/mol. The van der Waals surface area contributed by atoms with Gasteiger partial charge >= 0.3 is 5.97 Å². The van der Waals surface area contributed by atoms with Crippen LogP contribution in [-0.4, -0.2) is 17.0 Å². The summed E-state index contributed by atoms with van der Waals surface area (Å²) in [5.74, 6) is -1.22. The summed E-state index contributed by atoms with van der Waals surface area (Å²) < 4.78 is 0. The summed E-state index contributed by atoms with van der Waals surface area (Å²) in [6.45, 7) is 0. The Hall–Kier alpha value is -2.53. The summed E-state index contributed by atoms with van der Waals surface area (Å²) in [5, 5.41) is 11.8. The number of anilines is 2. The van der Waals surface area contributed by atoms with Gasteiger partial charge in [0.05, 0.1) is 17.1 Å². The van der Waals surface area contributed by atoms with Gasteiger partial charge in [0.25, 0.3) is 5.91 Å². The van der Waals surface area contributed by atoms with Crippen LogP contribution in [0.2, 0.25) is 5.02 Å². The number of amides is 1. The minimum Gasteiger partial charge on any atom is -0.481 e. The predicted octanol–water partition coefficient (Wildman–Crippen LogP) is 2.80. The highest BCUT2D eigenvalue weighted by atomic mass is 35.5. The van der Waals surface area contributed by atoms with E-state index in [2.05, 4.69) is 5.32 Å². The van der Waals surface area contributed by atoms with Crippen LogP contribution in [0.15, 0.2) is 42.5 Å². The van der Waals surface area contributed by atoms with E-state index in [1.54, 1.807) is 36.4 Å². The van der Waals surface area contributed by atoms with Crippen molar-refractivity contribution in [3.63, 3.8) is 0 Å². The SMILES string of the molecule is Nc1cc(C(=O)Nc2ccc(CC(=O)O)cc2)ccc1Cl. The maximum atomic E-state index is 12.0. The van der Waals surface area contributed by atoms with Crippen molar-refractivity contribution in [2.75, 3.05) is 11.1 Å². The minimum absolute atomic E-state index is 0.0536. The Bertz CT molecular complexity index is 684.